The Hall–Kier alpha value is -2.83. The Morgan fingerprint density at radius 3 is 2.38 bits per heavy atom. The molecule has 1 unspecified atom stereocenters. The minimum absolute atomic E-state index is 0.0240. The summed E-state index contributed by atoms with van der Waals surface area (Å²) in [7, 11) is 0. The van der Waals surface area contributed by atoms with Crippen LogP contribution in [-0.4, -0.2) is 42.7 Å². The average molecular weight is 586 g/mol. The Morgan fingerprint density at radius 1 is 1.08 bits per heavy atom. The maximum Gasteiger partial charge on any atom is 0.416 e. The highest BCUT2D eigenvalue weighted by molar-refractivity contribution is 6.39. The van der Waals surface area contributed by atoms with Gasteiger partial charge in [0.1, 0.15) is 5.52 Å². The molecule has 0 saturated heterocycles. The zero-order chi connectivity index (χ0) is 27.9. The molecule has 9 nitrogen and oxygen atoms in total. The van der Waals surface area contributed by atoms with Crippen LogP contribution < -0.4 is 16.4 Å². The first-order chi connectivity index (χ1) is 18.5. The van der Waals surface area contributed by atoms with Crippen molar-refractivity contribution in [2.45, 2.75) is 75.7 Å². The van der Waals surface area contributed by atoms with E-state index in [1.807, 2.05) is 4.57 Å². The summed E-state index contributed by atoms with van der Waals surface area (Å²) in [6.07, 6.45) is 2.11. The second-order valence-electron chi connectivity index (χ2n) is 10.2. The molecule has 0 radical (unpaired) electrons. The van der Waals surface area contributed by atoms with E-state index >= 15 is 0 Å². The van der Waals surface area contributed by atoms with E-state index in [-0.39, 0.29) is 51.7 Å². The fourth-order valence-corrected chi connectivity index (χ4v) is 6.04. The summed E-state index contributed by atoms with van der Waals surface area (Å²) in [5.41, 5.74) is 5.61. The molecule has 0 bridgehead atoms. The number of alkyl halides is 3. The van der Waals surface area contributed by atoms with Crippen LogP contribution in [-0.2, 0) is 11.0 Å². The Bertz CT molecular complexity index is 1350. The second kappa shape index (κ2) is 11.0. The molecule has 210 valence electrons. The predicted molar refractivity (Wildman–Crippen MR) is 142 cm³/mol. The van der Waals surface area contributed by atoms with Crippen molar-refractivity contribution in [3.63, 3.8) is 0 Å². The minimum atomic E-state index is -4.61. The summed E-state index contributed by atoms with van der Waals surface area (Å²) in [4.78, 5) is 25.5. The van der Waals surface area contributed by atoms with Crippen molar-refractivity contribution in [3.8, 4) is 0 Å². The van der Waals surface area contributed by atoms with Gasteiger partial charge in [-0.1, -0.05) is 23.2 Å². The Morgan fingerprint density at radius 2 is 1.77 bits per heavy atom. The monoisotopic (exact) mass is 585 g/mol. The Kier molecular flexibility index (Phi) is 7.80. The molecule has 39 heavy (non-hydrogen) atoms. The zero-order valence-corrected chi connectivity index (χ0v) is 22.3. The second-order valence-corrected chi connectivity index (χ2v) is 11.0. The lowest BCUT2D eigenvalue weighted by Crippen LogP contribution is -2.30. The van der Waals surface area contributed by atoms with Crippen molar-refractivity contribution in [2.24, 2.45) is 11.7 Å². The number of carbonyl (C=O) groups excluding carboxylic acids is 1. The number of aromatic nitrogens is 4. The topological polar surface area (TPSA) is 131 Å². The van der Waals surface area contributed by atoms with Crippen LogP contribution in [0.1, 0.15) is 63.0 Å². The number of nitrogens with one attached hydrogen (secondary N) is 2. The van der Waals surface area contributed by atoms with Crippen molar-refractivity contribution in [1.29, 1.82) is 0 Å². The van der Waals surface area contributed by atoms with E-state index in [1.54, 1.807) is 6.20 Å². The van der Waals surface area contributed by atoms with Gasteiger partial charge in [-0.25, -0.2) is 9.97 Å². The molecule has 2 aromatic heterocycles. The molecule has 2 aliphatic carbocycles. The molecule has 0 spiro atoms. The van der Waals surface area contributed by atoms with Crippen LogP contribution in [0, 0.1) is 5.92 Å². The van der Waals surface area contributed by atoms with E-state index in [1.165, 1.54) is 0 Å². The van der Waals surface area contributed by atoms with Crippen molar-refractivity contribution in [2.75, 3.05) is 10.6 Å². The summed E-state index contributed by atoms with van der Waals surface area (Å²) in [5.74, 6) is 0.103. The third-order valence-corrected chi connectivity index (χ3v) is 8.08. The Balaban J connectivity index is 1.52. The average Bonchev–Trinajstić information content (AvgIpc) is 3.23. The maximum atomic E-state index is 13.2. The molecule has 2 aliphatic rings. The number of benzene rings is 1. The number of rotatable bonds is 6. The number of anilines is 3. The lowest BCUT2D eigenvalue weighted by atomic mass is 9.85. The molecular weight excluding hydrogens is 558 g/mol. The van der Waals surface area contributed by atoms with E-state index in [2.05, 4.69) is 20.6 Å². The normalized spacial score (nSPS) is 24.1. The fraction of sp³-hybridized carbons (Fsp3) is 0.520. The minimum Gasteiger partial charge on any atom is -0.393 e. The van der Waals surface area contributed by atoms with Crippen LogP contribution in [0.3, 0.4) is 0 Å². The highest BCUT2D eigenvalue weighted by atomic mass is 35.5. The van der Waals surface area contributed by atoms with E-state index in [0.717, 1.165) is 31.4 Å². The summed E-state index contributed by atoms with van der Waals surface area (Å²) in [6, 6.07) is 1.51. The molecule has 1 aromatic carbocycles. The number of fused-ring (bicyclic) bond motifs is 1. The van der Waals surface area contributed by atoms with Crippen LogP contribution in [0.15, 0.2) is 18.3 Å². The van der Waals surface area contributed by atoms with Gasteiger partial charge < -0.3 is 21.5 Å². The number of primary amides is 1. The Labute approximate surface area is 232 Å². The molecular formula is C25H28Cl2F3N7O2. The lowest BCUT2D eigenvalue weighted by molar-refractivity contribution is -0.137. The van der Waals surface area contributed by atoms with Gasteiger partial charge >= 0.3 is 6.18 Å². The van der Waals surface area contributed by atoms with Crippen LogP contribution in [0.25, 0.3) is 11.2 Å². The largest absolute Gasteiger partial charge is 0.416 e. The van der Waals surface area contributed by atoms with Crippen LogP contribution in [0.4, 0.5) is 30.8 Å². The molecule has 2 atom stereocenters. The first kappa shape index (κ1) is 27.7. The van der Waals surface area contributed by atoms with Gasteiger partial charge in [-0.3, -0.25) is 9.36 Å². The summed E-state index contributed by atoms with van der Waals surface area (Å²) in [6.45, 7) is 0. The quantitative estimate of drug-likeness (QED) is 0.286. The van der Waals surface area contributed by atoms with Gasteiger partial charge in [-0.15, -0.1) is 0 Å². The first-order valence-electron chi connectivity index (χ1n) is 12.8. The predicted octanol–water partition coefficient (Wildman–Crippen LogP) is 5.83. The van der Waals surface area contributed by atoms with E-state index < -0.39 is 11.7 Å². The fourth-order valence-electron chi connectivity index (χ4n) is 5.46. The maximum absolute atomic E-state index is 13.2. The smallest absolute Gasteiger partial charge is 0.393 e. The van der Waals surface area contributed by atoms with E-state index in [9.17, 15) is 23.1 Å². The van der Waals surface area contributed by atoms with Crippen molar-refractivity contribution in [1.82, 2.24) is 19.5 Å². The van der Waals surface area contributed by atoms with Gasteiger partial charge in [0.05, 0.1) is 33.6 Å². The summed E-state index contributed by atoms with van der Waals surface area (Å²) < 4.78 is 41.6. The number of hydrogen-bond donors (Lipinski definition) is 4. The van der Waals surface area contributed by atoms with Crippen molar-refractivity contribution in [3.05, 3.63) is 33.9 Å². The SMILES string of the molecule is NC(=O)C1CCC(n2c(Nc3c(Cl)cc(C(F)(F)F)cc3Cl)nc3cnc(N[C@@H]4CCCC(O)C4)nc32)CC1. The number of nitrogens with two attached hydrogens (primary N) is 1. The number of amides is 1. The number of hydrogen-bond acceptors (Lipinski definition) is 7. The van der Waals surface area contributed by atoms with Crippen LogP contribution in [0.5, 0.6) is 0 Å². The molecule has 5 N–H and O–H groups in total. The summed E-state index contributed by atoms with van der Waals surface area (Å²) >= 11 is 12.5. The molecule has 3 aromatic rings. The first-order valence-corrected chi connectivity index (χ1v) is 13.6. The van der Waals surface area contributed by atoms with E-state index in [4.69, 9.17) is 33.9 Å². The van der Waals surface area contributed by atoms with Crippen molar-refractivity contribution >= 4 is 57.9 Å². The standard InChI is InChI=1S/C25H28Cl2F3N7O2/c26-17-8-13(25(28,29)30)9-18(27)20(17)35-24-34-19-11-32-23(33-14-2-1-3-16(38)10-14)36-22(19)37(24)15-6-4-12(5-7-15)21(31)39/h8-9,11-12,14-16,38H,1-7,10H2,(H2,31,39)(H,34,35)(H,32,33,36)/t12?,14-,15?,16?/m1/s1. The van der Waals surface area contributed by atoms with Gasteiger partial charge in [0.15, 0.2) is 5.65 Å². The number of halogens is 5. The highest BCUT2D eigenvalue weighted by Crippen LogP contribution is 2.42. The molecule has 2 fully saturated rings. The van der Waals surface area contributed by atoms with Gasteiger partial charge in [-0.2, -0.15) is 18.2 Å². The third-order valence-electron chi connectivity index (χ3n) is 7.48. The van der Waals surface area contributed by atoms with Crippen LogP contribution in [0.2, 0.25) is 10.0 Å². The number of aliphatic hydroxyl groups excluding tert-OH is 1. The number of imidazole rings is 1. The van der Waals surface area contributed by atoms with Gasteiger partial charge in [-0.05, 0) is 63.5 Å². The molecule has 2 heterocycles. The third kappa shape index (κ3) is 6.02. The summed E-state index contributed by atoms with van der Waals surface area (Å²) in [5, 5.41) is 15.9. The van der Waals surface area contributed by atoms with Crippen molar-refractivity contribution < 1.29 is 23.1 Å². The number of nitrogens with zero attached hydrogens (tertiary/aromatic N) is 4. The molecule has 5 rings (SSSR count). The number of carbonyl (C=O) groups is 1. The van der Waals surface area contributed by atoms with Gasteiger partial charge in [0.25, 0.3) is 0 Å². The molecule has 2 saturated carbocycles. The van der Waals surface area contributed by atoms with E-state index in [0.29, 0.717) is 49.2 Å². The number of aliphatic hydroxyl groups is 1. The molecule has 1 amide bonds. The highest BCUT2D eigenvalue weighted by Gasteiger charge is 2.33. The zero-order valence-electron chi connectivity index (χ0n) is 20.8. The lowest BCUT2D eigenvalue weighted by Gasteiger charge is -2.29. The van der Waals surface area contributed by atoms with Gasteiger partial charge in [0.2, 0.25) is 17.8 Å². The van der Waals surface area contributed by atoms with Gasteiger partial charge in [0, 0.05) is 18.0 Å². The molecule has 0 aliphatic heterocycles. The molecule has 14 heteroatoms. The van der Waals surface area contributed by atoms with Crippen LogP contribution >= 0.6 is 23.2 Å².